The van der Waals surface area contributed by atoms with Gasteiger partial charge in [0.2, 0.25) is 0 Å². The van der Waals surface area contributed by atoms with Crippen LogP contribution in [0.2, 0.25) is 0 Å². The molecule has 5 heteroatoms. The first-order valence-electron chi connectivity index (χ1n) is 6.96. The number of aryl methyl sites for hydroxylation is 2. The van der Waals surface area contributed by atoms with Gasteiger partial charge in [0.25, 0.3) is 0 Å². The minimum absolute atomic E-state index is 0.115. The molecule has 0 aliphatic heterocycles. The summed E-state index contributed by atoms with van der Waals surface area (Å²) in [4.78, 5) is 1.35. The van der Waals surface area contributed by atoms with Crippen LogP contribution in [0.25, 0.3) is 0 Å². The Labute approximate surface area is 125 Å². The Kier molecular flexibility index (Phi) is 3.69. The fourth-order valence-corrected chi connectivity index (χ4v) is 3.84. The van der Waals surface area contributed by atoms with Crippen LogP contribution in [-0.4, -0.2) is 0 Å². The first kappa shape index (κ1) is 14.4. The third-order valence-corrected chi connectivity index (χ3v) is 4.93. The number of benzene rings is 1. The smallest absolute Gasteiger partial charge is 0.378 e. The second kappa shape index (κ2) is 5.37. The van der Waals surface area contributed by atoms with Crippen molar-refractivity contribution in [3.05, 3.63) is 51.2 Å². The number of alkyl halides is 3. The highest BCUT2D eigenvalue weighted by Crippen LogP contribution is 2.37. The van der Waals surface area contributed by atoms with E-state index >= 15 is 0 Å². The van der Waals surface area contributed by atoms with E-state index in [9.17, 15) is 13.2 Å². The Hall–Kier alpha value is -1.49. The second-order valence-corrected chi connectivity index (χ2v) is 6.42. The fourth-order valence-electron chi connectivity index (χ4n) is 2.85. The number of anilines is 1. The van der Waals surface area contributed by atoms with E-state index in [4.69, 9.17) is 0 Å². The Morgan fingerprint density at radius 3 is 2.81 bits per heavy atom. The van der Waals surface area contributed by atoms with Crippen molar-refractivity contribution >= 4 is 17.0 Å². The van der Waals surface area contributed by atoms with Gasteiger partial charge in [-0.15, -0.1) is 11.3 Å². The predicted molar refractivity (Wildman–Crippen MR) is 79.8 cm³/mol. The molecule has 0 fully saturated rings. The number of hydrogen-bond acceptors (Lipinski definition) is 2. The molecule has 1 aliphatic carbocycles. The summed E-state index contributed by atoms with van der Waals surface area (Å²) in [5, 5.41) is 5.33. The molecular weight excluding hydrogens is 295 g/mol. The summed E-state index contributed by atoms with van der Waals surface area (Å²) in [6.45, 7) is 1.49. The molecule has 1 aromatic carbocycles. The van der Waals surface area contributed by atoms with Crippen molar-refractivity contribution in [1.82, 2.24) is 0 Å². The molecule has 0 spiro atoms. The number of nitrogens with one attached hydrogen (secondary N) is 1. The van der Waals surface area contributed by atoms with Crippen LogP contribution in [0, 0.1) is 6.92 Å². The van der Waals surface area contributed by atoms with Crippen molar-refractivity contribution in [2.45, 2.75) is 38.4 Å². The van der Waals surface area contributed by atoms with E-state index in [1.807, 2.05) is 0 Å². The average Bonchev–Trinajstić information content (AvgIpc) is 2.89. The first-order chi connectivity index (χ1) is 9.95. The van der Waals surface area contributed by atoms with Crippen LogP contribution in [-0.2, 0) is 12.6 Å². The molecule has 3 rings (SSSR count). The van der Waals surface area contributed by atoms with Gasteiger partial charge in [-0.05, 0) is 60.9 Å². The van der Waals surface area contributed by atoms with Crippen molar-refractivity contribution in [2.24, 2.45) is 0 Å². The summed E-state index contributed by atoms with van der Waals surface area (Å²) in [7, 11) is 0. The molecule has 0 saturated heterocycles. The minimum Gasteiger partial charge on any atom is -0.378 e. The second-order valence-electron chi connectivity index (χ2n) is 5.42. The predicted octanol–water partition coefficient (Wildman–Crippen LogP) is 5.56. The first-order valence-corrected chi connectivity index (χ1v) is 7.84. The van der Waals surface area contributed by atoms with E-state index in [1.54, 1.807) is 17.4 Å². The van der Waals surface area contributed by atoms with Crippen molar-refractivity contribution in [3.8, 4) is 0 Å². The summed E-state index contributed by atoms with van der Waals surface area (Å²) in [5.41, 5.74) is 1.47. The molecule has 1 atom stereocenters. The molecule has 0 amide bonds. The molecule has 0 saturated carbocycles. The monoisotopic (exact) mass is 311 g/mol. The maximum atomic E-state index is 13.0. The van der Waals surface area contributed by atoms with Crippen LogP contribution in [0.1, 0.15) is 40.5 Å². The van der Waals surface area contributed by atoms with Crippen molar-refractivity contribution in [3.63, 3.8) is 0 Å². The van der Waals surface area contributed by atoms with Gasteiger partial charge in [-0.25, -0.2) is 0 Å². The van der Waals surface area contributed by atoms with Crippen LogP contribution in [0.3, 0.4) is 0 Å². The number of hydrogen-bond donors (Lipinski definition) is 1. The summed E-state index contributed by atoms with van der Waals surface area (Å²) < 4.78 is 38.9. The number of rotatable bonds is 2. The maximum Gasteiger partial charge on any atom is 0.416 e. The van der Waals surface area contributed by atoms with Crippen LogP contribution in [0.4, 0.5) is 18.9 Å². The van der Waals surface area contributed by atoms with E-state index in [1.165, 1.54) is 29.5 Å². The molecule has 1 nitrogen and oxygen atoms in total. The Bertz CT molecular complexity index is 645. The van der Waals surface area contributed by atoms with Gasteiger partial charge < -0.3 is 5.32 Å². The Balaban J connectivity index is 1.87. The number of fused-ring (bicyclic) bond motifs is 1. The van der Waals surface area contributed by atoms with Crippen LogP contribution in [0.5, 0.6) is 0 Å². The van der Waals surface area contributed by atoms with E-state index in [0.717, 1.165) is 19.3 Å². The molecule has 1 heterocycles. The van der Waals surface area contributed by atoms with E-state index in [-0.39, 0.29) is 11.6 Å². The number of halogens is 3. The molecule has 1 N–H and O–H groups in total. The molecule has 1 aromatic heterocycles. The lowest BCUT2D eigenvalue weighted by Crippen LogP contribution is -2.16. The number of thiophene rings is 1. The molecule has 112 valence electrons. The van der Waals surface area contributed by atoms with Gasteiger partial charge in [0.1, 0.15) is 0 Å². The van der Waals surface area contributed by atoms with Gasteiger partial charge in [-0.3, -0.25) is 0 Å². The largest absolute Gasteiger partial charge is 0.416 e. The molecule has 0 radical (unpaired) electrons. The van der Waals surface area contributed by atoms with Gasteiger partial charge in [0.05, 0.1) is 11.6 Å². The van der Waals surface area contributed by atoms with Crippen molar-refractivity contribution < 1.29 is 13.2 Å². The molecule has 21 heavy (non-hydrogen) atoms. The van der Waals surface area contributed by atoms with E-state index in [2.05, 4.69) is 16.8 Å². The lowest BCUT2D eigenvalue weighted by Gasteiger charge is -2.25. The zero-order chi connectivity index (χ0) is 15.0. The highest BCUT2D eigenvalue weighted by atomic mass is 32.1. The third-order valence-electron chi connectivity index (χ3n) is 3.94. The standard InChI is InChI=1S/C16H16F3NS/c1-10-5-6-11(9-13(10)16(17,18)19)20-14-3-2-4-15-12(14)7-8-21-15/h5-9,14,20H,2-4H2,1H3. The topological polar surface area (TPSA) is 12.0 Å². The minimum atomic E-state index is -4.30. The molecule has 1 aliphatic rings. The third kappa shape index (κ3) is 2.93. The van der Waals surface area contributed by atoms with Crippen LogP contribution in [0.15, 0.2) is 29.6 Å². The molecule has 2 aromatic rings. The SMILES string of the molecule is Cc1ccc(NC2CCCc3sccc32)cc1C(F)(F)F. The maximum absolute atomic E-state index is 13.0. The summed E-state index contributed by atoms with van der Waals surface area (Å²) in [5.74, 6) is 0. The average molecular weight is 311 g/mol. The van der Waals surface area contributed by atoms with Gasteiger partial charge in [-0.2, -0.15) is 13.2 Å². The highest BCUT2D eigenvalue weighted by molar-refractivity contribution is 7.10. The van der Waals surface area contributed by atoms with Gasteiger partial charge >= 0.3 is 6.18 Å². The molecule has 1 unspecified atom stereocenters. The highest BCUT2D eigenvalue weighted by Gasteiger charge is 2.32. The van der Waals surface area contributed by atoms with Crippen molar-refractivity contribution in [2.75, 3.05) is 5.32 Å². The van der Waals surface area contributed by atoms with E-state index in [0.29, 0.717) is 5.69 Å². The summed E-state index contributed by atoms with van der Waals surface area (Å²) >= 11 is 1.73. The van der Waals surface area contributed by atoms with Crippen LogP contribution < -0.4 is 5.32 Å². The zero-order valence-electron chi connectivity index (χ0n) is 11.6. The Morgan fingerprint density at radius 1 is 1.24 bits per heavy atom. The fraction of sp³-hybridized carbons (Fsp3) is 0.375. The van der Waals surface area contributed by atoms with E-state index < -0.39 is 11.7 Å². The summed E-state index contributed by atoms with van der Waals surface area (Å²) in [6, 6.07) is 6.67. The van der Waals surface area contributed by atoms with Gasteiger partial charge in [-0.1, -0.05) is 6.07 Å². The molecule has 0 bridgehead atoms. The lowest BCUT2D eigenvalue weighted by molar-refractivity contribution is -0.138. The Morgan fingerprint density at radius 2 is 2.05 bits per heavy atom. The quantitative estimate of drug-likeness (QED) is 0.765. The van der Waals surface area contributed by atoms with Gasteiger partial charge in [0, 0.05) is 10.6 Å². The van der Waals surface area contributed by atoms with Gasteiger partial charge in [0.15, 0.2) is 0 Å². The van der Waals surface area contributed by atoms with Crippen LogP contribution >= 0.6 is 11.3 Å². The molecular formula is C16H16F3NS. The lowest BCUT2D eigenvalue weighted by atomic mass is 9.93. The summed E-state index contributed by atoms with van der Waals surface area (Å²) in [6.07, 6.45) is -1.20. The van der Waals surface area contributed by atoms with Crippen molar-refractivity contribution in [1.29, 1.82) is 0 Å². The zero-order valence-corrected chi connectivity index (χ0v) is 12.4. The normalized spacial score (nSPS) is 18.4.